The van der Waals surface area contributed by atoms with E-state index in [2.05, 4.69) is 10.5 Å². The minimum Gasteiger partial charge on any atom is -0.442 e. The van der Waals surface area contributed by atoms with Gasteiger partial charge in [-0.3, -0.25) is 9.69 Å². The summed E-state index contributed by atoms with van der Waals surface area (Å²) in [5, 5.41) is 6.59. The van der Waals surface area contributed by atoms with Crippen molar-refractivity contribution in [3.63, 3.8) is 0 Å². The highest BCUT2D eigenvalue weighted by Crippen LogP contribution is 2.52. The lowest BCUT2D eigenvalue weighted by Gasteiger charge is -2.21. The average Bonchev–Trinajstić information content (AvgIpc) is 3.20. The smallest absolute Gasteiger partial charge is 0.414 e. The summed E-state index contributed by atoms with van der Waals surface area (Å²) in [6, 6.07) is 2.26. The van der Waals surface area contributed by atoms with Gasteiger partial charge in [-0.05, 0) is 12.8 Å². The molecule has 0 aromatic heterocycles. The topological polar surface area (TPSA) is 83.5 Å². The SMILES string of the molecule is CON=C1CN(c2c(F)cc(N3CC(CNC(C)=O)OC3=O)cc2F)CC12CC2. The highest BCUT2D eigenvalue weighted by atomic mass is 19.1. The van der Waals surface area contributed by atoms with Crippen molar-refractivity contribution in [2.75, 3.05) is 43.1 Å². The van der Waals surface area contributed by atoms with E-state index in [1.54, 1.807) is 4.90 Å². The van der Waals surface area contributed by atoms with E-state index in [1.165, 1.54) is 14.0 Å². The summed E-state index contributed by atoms with van der Waals surface area (Å²) < 4.78 is 34.9. The summed E-state index contributed by atoms with van der Waals surface area (Å²) in [4.78, 5) is 30.8. The quantitative estimate of drug-likeness (QED) is 0.754. The van der Waals surface area contributed by atoms with E-state index >= 15 is 0 Å². The Morgan fingerprint density at radius 2 is 2.07 bits per heavy atom. The largest absolute Gasteiger partial charge is 0.442 e. The molecule has 1 saturated carbocycles. The van der Waals surface area contributed by atoms with Crippen molar-refractivity contribution in [1.29, 1.82) is 0 Å². The third-order valence-corrected chi connectivity index (χ3v) is 5.58. The van der Waals surface area contributed by atoms with Gasteiger partial charge in [0.05, 0.1) is 31.0 Å². The van der Waals surface area contributed by atoms with Crippen LogP contribution in [0.4, 0.5) is 25.0 Å². The number of anilines is 2. The van der Waals surface area contributed by atoms with Crippen LogP contribution in [0.1, 0.15) is 19.8 Å². The summed E-state index contributed by atoms with van der Waals surface area (Å²) in [6.07, 6.45) is 0.544. The highest BCUT2D eigenvalue weighted by Gasteiger charge is 2.54. The van der Waals surface area contributed by atoms with E-state index < -0.39 is 23.8 Å². The molecular formula is C19H22F2N4O4. The fourth-order valence-electron chi connectivity index (χ4n) is 3.96. The lowest BCUT2D eigenvalue weighted by molar-refractivity contribution is -0.119. The van der Waals surface area contributed by atoms with E-state index in [9.17, 15) is 18.4 Å². The van der Waals surface area contributed by atoms with E-state index in [-0.39, 0.29) is 35.8 Å². The average molecular weight is 408 g/mol. The zero-order chi connectivity index (χ0) is 20.8. The summed E-state index contributed by atoms with van der Waals surface area (Å²) >= 11 is 0. The number of halogens is 2. The van der Waals surface area contributed by atoms with Crippen molar-refractivity contribution in [3.8, 4) is 0 Å². The maximum atomic E-state index is 14.9. The van der Waals surface area contributed by atoms with Crippen LogP contribution in [0, 0.1) is 17.0 Å². The Morgan fingerprint density at radius 3 is 2.66 bits per heavy atom. The van der Waals surface area contributed by atoms with Crippen molar-refractivity contribution in [2.45, 2.75) is 25.9 Å². The number of carbonyl (C=O) groups excluding carboxylic acids is 2. The Kier molecular flexibility index (Phi) is 4.79. The fourth-order valence-corrected chi connectivity index (χ4v) is 3.96. The van der Waals surface area contributed by atoms with Crippen LogP contribution >= 0.6 is 0 Å². The first-order valence-electron chi connectivity index (χ1n) is 9.40. The van der Waals surface area contributed by atoms with Crippen molar-refractivity contribution in [2.24, 2.45) is 10.6 Å². The highest BCUT2D eigenvalue weighted by molar-refractivity contribution is 5.99. The molecule has 1 aromatic rings. The molecule has 1 aliphatic carbocycles. The Labute approximate surface area is 166 Å². The zero-order valence-corrected chi connectivity index (χ0v) is 16.2. The second kappa shape index (κ2) is 7.16. The third-order valence-electron chi connectivity index (χ3n) is 5.58. The van der Waals surface area contributed by atoms with Crippen LogP contribution in [0.5, 0.6) is 0 Å². The predicted molar refractivity (Wildman–Crippen MR) is 101 cm³/mol. The molecular weight excluding hydrogens is 386 g/mol. The van der Waals surface area contributed by atoms with Gasteiger partial charge >= 0.3 is 6.09 Å². The van der Waals surface area contributed by atoms with Gasteiger partial charge in [0.15, 0.2) is 11.6 Å². The molecule has 1 N–H and O–H groups in total. The van der Waals surface area contributed by atoms with E-state index in [4.69, 9.17) is 9.57 Å². The van der Waals surface area contributed by atoms with Crippen LogP contribution < -0.4 is 15.1 Å². The standard InChI is InChI=1S/C19H22F2N4O4/c1-11(26)22-7-13-8-25(18(27)29-13)12-5-14(20)17(15(21)6-12)24-9-16(23-28-2)19(10-24)3-4-19/h5-6,13H,3-4,7-10H2,1-2H3,(H,22,26). The van der Waals surface area contributed by atoms with E-state index in [0.717, 1.165) is 35.6 Å². The first-order valence-corrected chi connectivity index (χ1v) is 9.40. The molecule has 10 heteroatoms. The Bertz CT molecular complexity index is 864. The molecule has 4 rings (SSSR count). The number of benzene rings is 1. The molecule has 0 radical (unpaired) electrons. The second-order valence-electron chi connectivity index (χ2n) is 7.67. The second-order valence-corrected chi connectivity index (χ2v) is 7.67. The first kappa shape index (κ1) is 19.4. The number of nitrogens with zero attached hydrogens (tertiary/aromatic N) is 3. The number of amides is 2. The van der Waals surface area contributed by atoms with Crippen LogP contribution in [-0.4, -0.2) is 57.1 Å². The van der Waals surface area contributed by atoms with Crippen LogP contribution in [0.15, 0.2) is 17.3 Å². The van der Waals surface area contributed by atoms with Crippen LogP contribution in [0.2, 0.25) is 0 Å². The molecule has 29 heavy (non-hydrogen) atoms. The zero-order valence-electron chi connectivity index (χ0n) is 16.2. The van der Waals surface area contributed by atoms with Gasteiger partial charge in [-0.15, -0.1) is 0 Å². The molecule has 1 unspecified atom stereocenters. The minimum absolute atomic E-state index is 0.0742. The van der Waals surface area contributed by atoms with Crippen LogP contribution in [-0.2, 0) is 14.4 Å². The van der Waals surface area contributed by atoms with Crippen molar-refractivity contribution >= 4 is 29.1 Å². The molecule has 156 valence electrons. The van der Waals surface area contributed by atoms with Crippen LogP contribution in [0.25, 0.3) is 0 Å². The maximum absolute atomic E-state index is 14.9. The van der Waals surface area contributed by atoms with Gasteiger partial charge in [0.1, 0.15) is 18.9 Å². The molecule has 3 fully saturated rings. The Balaban J connectivity index is 1.53. The number of rotatable bonds is 5. The van der Waals surface area contributed by atoms with E-state index in [1.807, 2.05) is 0 Å². The molecule has 1 atom stereocenters. The van der Waals surface area contributed by atoms with Crippen molar-refractivity contribution in [1.82, 2.24) is 5.32 Å². The van der Waals surface area contributed by atoms with Gasteiger partial charge in [0.2, 0.25) is 5.91 Å². The number of carbonyl (C=O) groups is 2. The molecule has 0 bridgehead atoms. The molecule has 1 spiro atoms. The van der Waals surface area contributed by atoms with Crippen molar-refractivity contribution in [3.05, 3.63) is 23.8 Å². The molecule has 2 amide bonds. The summed E-state index contributed by atoms with van der Waals surface area (Å²) in [7, 11) is 1.45. The molecule has 2 heterocycles. The number of hydrogen-bond acceptors (Lipinski definition) is 6. The number of ether oxygens (including phenoxy) is 1. The monoisotopic (exact) mass is 408 g/mol. The lowest BCUT2D eigenvalue weighted by atomic mass is 10.1. The molecule has 1 aromatic carbocycles. The number of nitrogens with one attached hydrogen (secondary N) is 1. The summed E-state index contributed by atoms with van der Waals surface area (Å²) in [6.45, 7) is 2.36. The first-order chi connectivity index (χ1) is 13.8. The Hall–Kier alpha value is -2.91. The molecule has 2 aliphatic heterocycles. The van der Waals surface area contributed by atoms with Gasteiger partial charge < -0.3 is 19.8 Å². The molecule has 3 aliphatic rings. The van der Waals surface area contributed by atoms with Crippen molar-refractivity contribution < 1.29 is 27.9 Å². The number of hydrogen-bond donors (Lipinski definition) is 1. The third kappa shape index (κ3) is 3.58. The number of cyclic esters (lactones) is 1. The van der Waals surface area contributed by atoms with Gasteiger partial charge in [-0.25, -0.2) is 13.6 Å². The van der Waals surface area contributed by atoms with Gasteiger partial charge in [0, 0.05) is 31.0 Å². The molecule has 2 saturated heterocycles. The predicted octanol–water partition coefficient (Wildman–Crippen LogP) is 2.03. The fraction of sp³-hybridized carbons (Fsp3) is 0.526. The number of oxime groups is 1. The van der Waals surface area contributed by atoms with Gasteiger partial charge in [0.25, 0.3) is 0 Å². The van der Waals surface area contributed by atoms with Gasteiger partial charge in [-0.2, -0.15) is 0 Å². The van der Waals surface area contributed by atoms with E-state index in [0.29, 0.717) is 13.1 Å². The van der Waals surface area contributed by atoms with Crippen LogP contribution in [0.3, 0.4) is 0 Å². The normalized spacial score (nSPS) is 23.7. The maximum Gasteiger partial charge on any atom is 0.414 e. The van der Waals surface area contributed by atoms with Gasteiger partial charge in [-0.1, -0.05) is 5.16 Å². The summed E-state index contributed by atoms with van der Waals surface area (Å²) in [5.41, 5.74) is 0.587. The summed E-state index contributed by atoms with van der Waals surface area (Å²) in [5.74, 6) is -1.77. The lowest BCUT2D eigenvalue weighted by Crippen LogP contribution is -2.33. The minimum atomic E-state index is -0.757. The Morgan fingerprint density at radius 1 is 1.38 bits per heavy atom. The molecule has 8 nitrogen and oxygen atoms in total.